The molecule has 4 aromatic carbocycles. The number of aromatic amines is 1. The van der Waals surface area contributed by atoms with Crippen LogP contribution in [0.3, 0.4) is 0 Å². The van der Waals surface area contributed by atoms with Gasteiger partial charge in [0.1, 0.15) is 12.4 Å². The van der Waals surface area contributed by atoms with E-state index in [0.29, 0.717) is 28.2 Å². The quantitative estimate of drug-likeness (QED) is 0.116. The highest BCUT2D eigenvalue weighted by molar-refractivity contribution is 7.85. The minimum Gasteiger partial charge on any atom is -0.491 e. The molecule has 5 aromatic rings. The number of H-pyrrole nitrogens is 1. The zero-order valence-corrected chi connectivity index (χ0v) is 27.9. The number of amides is 1. The lowest BCUT2D eigenvalue weighted by Gasteiger charge is -2.34. The van der Waals surface area contributed by atoms with E-state index >= 15 is 0 Å². The van der Waals surface area contributed by atoms with Crippen molar-refractivity contribution in [2.75, 3.05) is 56.7 Å². The Hall–Kier alpha value is -4.96. The highest BCUT2D eigenvalue weighted by Gasteiger charge is 2.29. The number of carbonyl (C=O) groups is 1. The fourth-order valence-corrected chi connectivity index (χ4v) is 5.54. The number of piperazine rings is 1. The first-order valence-corrected chi connectivity index (χ1v) is 17.0. The van der Waals surface area contributed by atoms with Crippen molar-refractivity contribution in [3.05, 3.63) is 114 Å². The summed E-state index contributed by atoms with van der Waals surface area (Å²) in [5.41, 5.74) is 2.31. The van der Waals surface area contributed by atoms with Gasteiger partial charge in [-0.3, -0.25) is 14.4 Å². The first-order valence-electron chi connectivity index (χ1n) is 15.6. The molecule has 2 heterocycles. The van der Waals surface area contributed by atoms with Crippen molar-refractivity contribution in [2.45, 2.75) is 17.7 Å². The number of nitrogens with zero attached hydrogens (tertiary/aromatic N) is 3. The molecule has 1 aromatic heterocycles. The average Bonchev–Trinajstić information content (AvgIpc) is 3.50. The number of carbonyl (C=O) groups excluding carboxylic acids is 1. The maximum atomic E-state index is 12.8. The monoisotopic (exact) mass is 711 g/mol. The number of benzene rings is 4. The third kappa shape index (κ3) is 10.0. The molecule has 0 saturated carbocycles. The van der Waals surface area contributed by atoms with Gasteiger partial charge < -0.3 is 24.6 Å². The highest BCUT2D eigenvalue weighted by atomic mass is 32.2. The molecule has 15 heteroatoms. The van der Waals surface area contributed by atoms with Crippen LogP contribution in [0, 0.1) is 0 Å². The molecular weight excluding hydrogens is 675 g/mol. The second kappa shape index (κ2) is 16.2. The topological polar surface area (TPSA) is 137 Å². The number of aromatic nitrogens is 2. The first-order chi connectivity index (χ1) is 23.9. The standard InChI is InChI=1S/C29H30F3N5O3.C6H6O3S/c1-36-12-14-37(15-13-36)23-8-4-21(5-9-23)28(38)33-27-25-11-10-24(18-26(25)34-35-27)40-17-16-39-19-20-2-6-22(7-3-20)29(30,31)32;7-10(8,9)6-4-2-1-3-5-6/h2-11,18H,12-17,19H2,1H3,(H2,33,34,35,38);1-5H,(H,7,8,9). The summed E-state index contributed by atoms with van der Waals surface area (Å²) >= 11 is 0. The molecule has 0 radical (unpaired) electrons. The van der Waals surface area contributed by atoms with Crippen LogP contribution in [0.1, 0.15) is 21.5 Å². The predicted octanol–water partition coefficient (Wildman–Crippen LogP) is 6.11. The van der Waals surface area contributed by atoms with Crippen LogP contribution in [0.15, 0.2) is 102 Å². The SMILES string of the molecule is CN1CCN(c2ccc(C(=O)Nc3n[nH]c4cc(OCCOCc5ccc(C(F)(F)F)cc5)ccc34)cc2)CC1.O=S(=O)(O)c1ccccc1. The Morgan fingerprint density at radius 2 is 1.60 bits per heavy atom. The van der Waals surface area contributed by atoms with E-state index in [2.05, 4.69) is 32.4 Å². The number of hydrogen-bond donors (Lipinski definition) is 3. The predicted molar refractivity (Wildman–Crippen MR) is 183 cm³/mol. The van der Waals surface area contributed by atoms with Crippen LogP contribution in [-0.4, -0.2) is 80.4 Å². The fraction of sp³-hybridized carbons (Fsp3) is 0.257. The number of alkyl halides is 3. The van der Waals surface area contributed by atoms with Gasteiger partial charge in [0.05, 0.1) is 29.2 Å². The van der Waals surface area contributed by atoms with Gasteiger partial charge in [0.15, 0.2) is 5.82 Å². The molecule has 0 unspecified atom stereocenters. The van der Waals surface area contributed by atoms with E-state index in [4.69, 9.17) is 14.0 Å². The Kier molecular flexibility index (Phi) is 11.7. The second-order valence-corrected chi connectivity index (χ2v) is 12.9. The van der Waals surface area contributed by atoms with Crippen molar-refractivity contribution in [3.63, 3.8) is 0 Å². The van der Waals surface area contributed by atoms with Gasteiger partial charge >= 0.3 is 6.18 Å². The summed E-state index contributed by atoms with van der Waals surface area (Å²) in [6.07, 6.45) is -4.35. The molecule has 6 rings (SSSR count). The molecule has 0 aliphatic carbocycles. The average molecular weight is 712 g/mol. The van der Waals surface area contributed by atoms with Crippen LogP contribution >= 0.6 is 0 Å². The molecule has 50 heavy (non-hydrogen) atoms. The van der Waals surface area contributed by atoms with Gasteiger partial charge in [0, 0.05) is 48.9 Å². The number of anilines is 2. The Morgan fingerprint density at radius 1 is 0.920 bits per heavy atom. The van der Waals surface area contributed by atoms with Crippen molar-refractivity contribution < 1.29 is 40.4 Å². The van der Waals surface area contributed by atoms with Crippen molar-refractivity contribution in [1.82, 2.24) is 15.1 Å². The van der Waals surface area contributed by atoms with Gasteiger partial charge in [-0.2, -0.15) is 26.7 Å². The lowest BCUT2D eigenvalue weighted by Crippen LogP contribution is -2.44. The third-order valence-electron chi connectivity index (χ3n) is 7.85. The molecular formula is C35H36F3N5O6S. The second-order valence-electron chi connectivity index (χ2n) is 11.5. The number of likely N-dealkylation sites (N-methyl/N-ethyl adjacent to an activating group) is 1. The van der Waals surface area contributed by atoms with E-state index in [1.807, 2.05) is 30.3 Å². The number of fused-ring (bicyclic) bond motifs is 1. The third-order valence-corrected chi connectivity index (χ3v) is 8.72. The summed E-state index contributed by atoms with van der Waals surface area (Å²) < 4.78 is 78.5. The Morgan fingerprint density at radius 3 is 2.22 bits per heavy atom. The maximum absolute atomic E-state index is 12.8. The fourth-order valence-electron chi connectivity index (χ4n) is 5.04. The van der Waals surface area contributed by atoms with Crippen LogP contribution in [-0.2, 0) is 27.6 Å². The zero-order chi connectivity index (χ0) is 35.7. The molecule has 0 atom stereocenters. The van der Waals surface area contributed by atoms with E-state index in [9.17, 15) is 26.4 Å². The molecule has 3 N–H and O–H groups in total. The van der Waals surface area contributed by atoms with Gasteiger partial charge in [-0.15, -0.1) is 0 Å². The number of ether oxygens (including phenoxy) is 2. The Balaban J connectivity index is 0.000000418. The van der Waals surface area contributed by atoms with E-state index in [1.54, 1.807) is 30.3 Å². The summed E-state index contributed by atoms with van der Waals surface area (Å²) in [5, 5.41) is 10.8. The van der Waals surface area contributed by atoms with Crippen LogP contribution in [0.2, 0.25) is 0 Å². The summed E-state index contributed by atoms with van der Waals surface area (Å²) in [5.74, 6) is 0.769. The number of nitrogens with one attached hydrogen (secondary N) is 2. The largest absolute Gasteiger partial charge is 0.491 e. The molecule has 264 valence electrons. The van der Waals surface area contributed by atoms with Crippen LogP contribution in [0.5, 0.6) is 5.75 Å². The summed E-state index contributed by atoms with van der Waals surface area (Å²) in [4.78, 5) is 17.4. The van der Waals surface area contributed by atoms with Gasteiger partial charge in [-0.05, 0) is 73.3 Å². The minimum atomic E-state index is -4.35. The van der Waals surface area contributed by atoms with Crippen molar-refractivity contribution in [2.24, 2.45) is 0 Å². The van der Waals surface area contributed by atoms with Gasteiger partial charge in [-0.1, -0.05) is 30.3 Å². The number of halogens is 3. The van der Waals surface area contributed by atoms with Crippen molar-refractivity contribution >= 4 is 38.4 Å². The van der Waals surface area contributed by atoms with Crippen molar-refractivity contribution in [3.8, 4) is 5.75 Å². The summed E-state index contributed by atoms with van der Waals surface area (Å²) in [7, 11) is -1.89. The Labute approximate surface area is 287 Å². The van der Waals surface area contributed by atoms with Gasteiger partial charge in [-0.25, -0.2) is 0 Å². The molecule has 1 aliphatic rings. The van der Waals surface area contributed by atoms with E-state index < -0.39 is 21.9 Å². The highest BCUT2D eigenvalue weighted by Crippen LogP contribution is 2.29. The number of hydrogen-bond acceptors (Lipinski definition) is 8. The number of rotatable bonds is 10. The molecule has 1 amide bonds. The lowest BCUT2D eigenvalue weighted by molar-refractivity contribution is -0.137. The molecule has 0 bridgehead atoms. The Bertz CT molecular complexity index is 1960. The normalized spacial score (nSPS) is 13.8. The maximum Gasteiger partial charge on any atom is 0.416 e. The zero-order valence-electron chi connectivity index (χ0n) is 27.1. The smallest absolute Gasteiger partial charge is 0.416 e. The van der Waals surface area contributed by atoms with E-state index in [-0.39, 0.29) is 30.6 Å². The van der Waals surface area contributed by atoms with E-state index in [1.165, 1.54) is 24.3 Å². The van der Waals surface area contributed by atoms with Gasteiger partial charge in [0.25, 0.3) is 16.0 Å². The molecule has 1 saturated heterocycles. The lowest BCUT2D eigenvalue weighted by atomic mass is 10.1. The summed E-state index contributed by atoms with van der Waals surface area (Å²) in [6.45, 7) is 4.65. The molecule has 1 fully saturated rings. The first kappa shape index (κ1) is 36.3. The summed E-state index contributed by atoms with van der Waals surface area (Å²) in [6, 6.07) is 25.2. The van der Waals surface area contributed by atoms with Crippen molar-refractivity contribution in [1.29, 1.82) is 0 Å². The van der Waals surface area contributed by atoms with Crippen LogP contribution in [0.25, 0.3) is 10.9 Å². The molecule has 11 nitrogen and oxygen atoms in total. The minimum absolute atomic E-state index is 0.0741. The van der Waals surface area contributed by atoms with Crippen LogP contribution in [0.4, 0.5) is 24.7 Å². The molecule has 1 aliphatic heterocycles. The molecule has 0 spiro atoms. The van der Waals surface area contributed by atoms with Gasteiger partial charge in [0.2, 0.25) is 0 Å². The van der Waals surface area contributed by atoms with Crippen LogP contribution < -0.4 is 15.0 Å². The van der Waals surface area contributed by atoms with E-state index in [0.717, 1.165) is 49.4 Å².